The van der Waals surface area contributed by atoms with Gasteiger partial charge in [0.05, 0.1) is 21.1 Å². The number of halogens is 2. The molecule has 0 saturated heterocycles. The maximum Gasteiger partial charge on any atom is 0.355 e. The fraction of sp³-hybridized carbons (Fsp3) is 0.391. The number of nitrogens with one attached hydrogen (secondary N) is 1. The van der Waals surface area contributed by atoms with Crippen molar-refractivity contribution in [2.75, 3.05) is 0 Å². The van der Waals surface area contributed by atoms with Crippen molar-refractivity contribution in [2.24, 2.45) is 16.4 Å². The Balaban J connectivity index is 2.01. The van der Waals surface area contributed by atoms with Gasteiger partial charge in [0, 0.05) is 6.08 Å². The zero-order chi connectivity index (χ0) is 27.7. The molecule has 14 heteroatoms. The molecule has 1 aliphatic heterocycles. The molecule has 2 heterocycles. The molecule has 37 heavy (non-hydrogen) atoms. The highest BCUT2D eigenvalue weighted by Crippen LogP contribution is 2.35. The highest BCUT2D eigenvalue weighted by atomic mass is 35.5. The maximum absolute atomic E-state index is 13.1. The van der Waals surface area contributed by atoms with E-state index in [2.05, 4.69) is 15.6 Å². The fourth-order valence-electron chi connectivity index (χ4n) is 3.07. The van der Waals surface area contributed by atoms with E-state index in [-0.39, 0.29) is 33.3 Å². The van der Waals surface area contributed by atoms with Crippen LogP contribution in [0.1, 0.15) is 40.3 Å². The second kappa shape index (κ2) is 10.8. The molecule has 1 unspecified atom stereocenters. The molecule has 1 aromatic heterocycles. The van der Waals surface area contributed by atoms with Crippen LogP contribution in [0.3, 0.4) is 0 Å². The van der Waals surface area contributed by atoms with E-state index in [1.165, 1.54) is 12.1 Å². The monoisotopic (exact) mass is 550 g/mol. The minimum Gasteiger partial charge on any atom is -0.443 e. The number of nitriles is 1. The molecule has 3 rings (SSSR count). The molecule has 12 nitrogen and oxygen atoms in total. The summed E-state index contributed by atoms with van der Waals surface area (Å²) >= 11 is 12.8. The lowest BCUT2D eigenvalue weighted by atomic mass is 9.98. The molecule has 0 fully saturated rings. The number of esters is 1. The van der Waals surface area contributed by atoms with Crippen molar-refractivity contribution >= 4 is 35.1 Å². The topological polar surface area (TPSA) is 161 Å². The first-order chi connectivity index (χ1) is 17.2. The Morgan fingerprint density at radius 2 is 1.89 bits per heavy atom. The van der Waals surface area contributed by atoms with Crippen LogP contribution in [0.2, 0.25) is 10.0 Å². The number of aromatic nitrogens is 3. The summed E-state index contributed by atoms with van der Waals surface area (Å²) in [7, 11) is 0. The maximum atomic E-state index is 13.1. The van der Waals surface area contributed by atoms with E-state index in [9.17, 15) is 24.8 Å². The molecular weight excluding hydrogens is 527 g/mol. The molecule has 0 aliphatic carbocycles. The van der Waals surface area contributed by atoms with Crippen LogP contribution < -0.4 is 21.4 Å². The Morgan fingerprint density at radius 3 is 2.43 bits per heavy atom. The number of rotatable bonds is 5. The molecule has 1 aliphatic rings. The van der Waals surface area contributed by atoms with Gasteiger partial charge in [0.15, 0.2) is 18.7 Å². The molecule has 2 N–H and O–H groups in total. The number of carbonyl (C=O) groups excluding carboxylic acids is 1. The number of hydrogen-bond acceptors (Lipinski definition) is 10. The minimum atomic E-state index is -1.03. The van der Waals surface area contributed by atoms with Gasteiger partial charge in [0.1, 0.15) is 6.07 Å². The third kappa shape index (κ3) is 6.02. The molecule has 1 aromatic carbocycles. The van der Waals surface area contributed by atoms with Gasteiger partial charge < -0.3 is 14.6 Å². The smallest absolute Gasteiger partial charge is 0.355 e. The normalized spacial score (nSPS) is 15.4. The van der Waals surface area contributed by atoms with E-state index in [1.807, 2.05) is 13.8 Å². The first-order valence-electron chi connectivity index (χ1n) is 11.0. The predicted octanol–water partition coefficient (Wildman–Crippen LogP) is 2.32. The Labute approximate surface area is 221 Å². The number of hydrogen-bond donors (Lipinski definition) is 2. The molecule has 1 atom stereocenters. The van der Waals surface area contributed by atoms with Gasteiger partial charge in [-0.15, -0.1) is 10.2 Å². The standard InChI is InChI=1S/C23H24Cl2N6O6/c1-11(2)13-8-17(27-28-19(13)32)37-18-14(24)6-12(7-15(18)25)31-22(35)30(20(33)16(9-26)29-31)10-36-21(34)23(3,4)5/h6-8,11,19,28,32H,10H2,1-5H3. The average Bonchev–Trinajstić information content (AvgIpc) is 2.81. The number of benzene rings is 1. The van der Waals surface area contributed by atoms with Crippen LogP contribution in [-0.2, 0) is 16.3 Å². The number of nitrogens with zero attached hydrogens (tertiary/aromatic N) is 5. The summed E-state index contributed by atoms with van der Waals surface area (Å²) in [4.78, 5) is 37.7. The Morgan fingerprint density at radius 1 is 1.27 bits per heavy atom. The van der Waals surface area contributed by atoms with E-state index in [0.29, 0.717) is 10.1 Å². The lowest BCUT2D eigenvalue weighted by molar-refractivity contribution is -0.157. The number of ether oxygens (including phenoxy) is 2. The summed E-state index contributed by atoms with van der Waals surface area (Å²) in [5.74, 6) is -0.572. The van der Waals surface area contributed by atoms with Gasteiger partial charge in [0.2, 0.25) is 11.6 Å². The van der Waals surface area contributed by atoms with E-state index >= 15 is 0 Å². The lowest BCUT2D eigenvalue weighted by Gasteiger charge is -2.23. The van der Waals surface area contributed by atoms with Crippen LogP contribution in [-0.4, -0.2) is 37.5 Å². The number of hydrazone groups is 1. The van der Waals surface area contributed by atoms with E-state index < -0.39 is 41.3 Å². The summed E-state index contributed by atoms with van der Waals surface area (Å²) in [5, 5.41) is 27.0. The van der Waals surface area contributed by atoms with Crippen molar-refractivity contribution in [3.63, 3.8) is 0 Å². The molecule has 0 spiro atoms. The number of aliphatic hydroxyl groups excluding tert-OH is 1. The second-order valence-corrected chi connectivity index (χ2v) is 10.1. The zero-order valence-electron chi connectivity index (χ0n) is 20.6. The lowest BCUT2D eigenvalue weighted by Crippen LogP contribution is -2.43. The largest absolute Gasteiger partial charge is 0.443 e. The van der Waals surface area contributed by atoms with Crippen LogP contribution >= 0.6 is 23.2 Å². The third-order valence-electron chi connectivity index (χ3n) is 5.11. The van der Waals surface area contributed by atoms with E-state index in [4.69, 9.17) is 32.7 Å². The third-order valence-corrected chi connectivity index (χ3v) is 5.67. The zero-order valence-corrected chi connectivity index (χ0v) is 22.1. The van der Waals surface area contributed by atoms with Gasteiger partial charge in [-0.1, -0.05) is 37.0 Å². The molecule has 196 valence electrons. The van der Waals surface area contributed by atoms with Crippen molar-refractivity contribution in [1.29, 1.82) is 5.26 Å². The molecule has 0 saturated carbocycles. The van der Waals surface area contributed by atoms with Crippen molar-refractivity contribution in [2.45, 2.75) is 47.6 Å². The first kappa shape index (κ1) is 27.9. The molecular formula is C23H24Cl2N6O6. The van der Waals surface area contributed by atoms with Crippen molar-refractivity contribution < 1.29 is 19.4 Å². The van der Waals surface area contributed by atoms with Crippen LogP contribution in [0.25, 0.3) is 5.69 Å². The SMILES string of the molecule is CC(C)C1=CC(Oc2c(Cl)cc(-n3nc(C#N)c(=O)n(COC(=O)C(C)(C)C)c3=O)cc2Cl)=NNC1O. The Bertz CT molecular complexity index is 1440. The number of aliphatic hydroxyl groups is 1. The van der Waals surface area contributed by atoms with Crippen molar-refractivity contribution in [3.8, 4) is 17.5 Å². The van der Waals surface area contributed by atoms with Gasteiger partial charge in [-0.2, -0.15) is 9.94 Å². The number of carbonyl (C=O) groups is 1. The highest BCUT2D eigenvalue weighted by molar-refractivity contribution is 6.37. The summed E-state index contributed by atoms with van der Waals surface area (Å²) in [6.45, 7) is 7.86. The fourth-order valence-corrected chi connectivity index (χ4v) is 3.62. The quantitative estimate of drug-likeness (QED) is 0.532. The summed E-state index contributed by atoms with van der Waals surface area (Å²) in [6, 6.07) is 4.19. The highest BCUT2D eigenvalue weighted by Gasteiger charge is 2.25. The van der Waals surface area contributed by atoms with Crippen molar-refractivity contribution in [3.05, 3.63) is 60.4 Å². The van der Waals surface area contributed by atoms with Crippen LogP contribution in [0.15, 0.2) is 38.5 Å². The van der Waals surface area contributed by atoms with Gasteiger partial charge >= 0.3 is 11.7 Å². The average molecular weight is 551 g/mol. The predicted molar refractivity (Wildman–Crippen MR) is 135 cm³/mol. The molecule has 0 amide bonds. The second-order valence-electron chi connectivity index (χ2n) is 9.32. The van der Waals surface area contributed by atoms with E-state index in [0.717, 1.165) is 4.68 Å². The van der Waals surface area contributed by atoms with E-state index in [1.54, 1.807) is 32.9 Å². The summed E-state index contributed by atoms with van der Waals surface area (Å²) in [6.07, 6.45) is 0.582. The van der Waals surface area contributed by atoms with Crippen LogP contribution in [0, 0.1) is 22.7 Å². The first-order valence-corrected chi connectivity index (χ1v) is 11.7. The van der Waals surface area contributed by atoms with Crippen LogP contribution in [0.5, 0.6) is 5.75 Å². The molecule has 0 bridgehead atoms. The summed E-state index contributed by atoms with van der Waals surface area (Å²) < 4.78 is 12.1. The Hall–Kier alpha value is -3.66. The Kier molecular flexibility index (Phi) is 8.12. The minimum absolute atomic E-state index is 0.00404. The van der Waals surface area contributed by atoms with Gasteiger partial charge in [-0.25, -0.2) is 9.36 Å². The van der Waals surface area contributed by atoms with Crippen molar-refractivity contribution in [1.82, 2.24) is 19.8 Å². The van der Waals surface area contributed by atoms with Crippen LogP contribution in [0.4, 0.5) is 0 Å². The van der Waals surface area contributed by atoms with Gasteiger partial charge in [0.25, 0.3) is 5.56 Å². The van der Waals surface area contributed by atoms with Gasteiger partial charge in [-0.05, 0) is 44.4 Å². The molecule has 2 aromatic rings. The summed E-state index contributed by atoms with van der Waals surface area (Å²) in [5.41, 5.74) is -0.354. The molecule has 0 radical (unpaired) electrons. The van der Waals surface area contributed by atoms with Gasteiger partial charge in [-0.3, -0.25) is 15.0 Å².